The summed E-state index contributed by atoms with van der Waals surface area (Å²) >= 11 is 0. The van der Waals surface area contributed by atoms with Crippen LogP contribution in [0.1, 0.15) is 49.3 Å². The van der Waals surface area contributed by atoms with Gasteiger partial charge in [0.2, 0.25) is 0 Å². The Morgan fingerprint density at radius 3 is 2.63 bits per heavy atom. The first-order chi connectivity index (χ1) is 13.1. The third kappa shape index (κ3) is 3.61. The number of piperidine rings is 1. The minimum absolute atomic E-state index is 0.136. The lowest BCUT2D eigenvalue weighted by Crippen LogP contribution is -3.13. The first-order valence-electron chi connectivity index (χ1n) is 10.0. The third-order valence-electron chi connectivity index (χ3n) is 6.64. The predicted octanol–water partition coefficient (Wildman–Crippen LogP) is 3.29. The summed E-state index contributed by atoms with van der Waals surface area (Å²) in [6, 6.07) is 15.5. The molecule has 1 saturated carbocycles. The third-order valence-corrected chi connectivity index (χ3v) is 6.64. The Bertz CT molecular complexity index is 778. The molecule has 0 amide bonds. The second-order valence-corrected chi connectivity index (χ2v) is 8.13. The van der Waals surface area contributed by atoms with Gasteiger partial charge in [-0.15, -0.1) is 0 Å². The molecule has 2 N–H and O–H groups in total. The predicted molar refractivity (Wildman–Crippen MR) is 103 cm³/mol. The van der Waals surface area contributed by atoms with Crippen LogP contribution in [-0.4, -0.2) is 24.4 Å². The summed E-state index contributed by atoms with van der Waals surface area (Å²) in [6.45, 7) is 1.51. The molecule has 4 atom stereocenters. The van der Waals surface area contributed by atoms with Crippen molar-refractivity contribution in [3.63, 3.8) is 0 Å². The fraction of sp³-hybridized carbons (Fsp3) is 0.478. The molecule has 2 aromatic carbocycles. The number of likely N-dealkylation sites (tertiary alicyclic amines) is 1. The molecule has 1 unspecified atom stereocenters. The van der Waals surface area contributed by atoms with E-state index in [-0.39, 0.29) is 17.8 Å². The van der Waals surface area contributed by atoms with Crippen LogP contribution in [0.4, 0.5) is 4.39 Å². The smallest absolute Gasteiger partial charge is 0.132 e. The lowest BCUT2D eigenvalue weighted by molar-refractivity contribution is -0.958. The number of benzene rings is 2. The number of methoxy groups -OCH3 is 1. The number of rotatable bonds is 4. The highest BCUT2D eigenvalue weighted by molar-refractivity contribution is 5.29. The van der Waals surface area contributed by atoms with Crippen LogP contribution in [0.3, 0.4) is 0 Å². The summed E-state index contributed by atoms with van der Waals surface area (Å²) in [7, 11) is 1.67. The van der Waals surface area contributed by atoms with Crippen LogP contribution in [0, 0.1) is 11.7 Å². The summed E-state index contributed by atoms with van der Waals surface area (Å²) in [4.78, 5) is 1.35. The zero-order valence-corrected chi connectivity index (χ0v) is 16.0. The molecule has 27 heavy (non-hydrogen) atoms. The number of aliphatic hydroxyl groups is 1. The standard InChI is InChI=1S/C23H28FNO2/c1-27-19-11-9-17(10-12-19)22-20-7-4-5-13-23(20,26)14-15-25(22)16-18-6-2-3-8-21(18)24/h2-3,6,8-12,20,22,26H,4-5,7,13-16H2,1H3/p+1/t20-,22-,23+/m1/s1. The molecule has 0 spiro atoms. The monoisotopic (exact) mass is 370 g/mol. The van der Waals surface area contributed by atoms with Crippen molar-refractivity contribution in [3.05, 3.63) is 65.5 Å². The summed E-state index contributed by atoms with van der Waals surface area (Å²) < 4.78 is 19.6. The Labute approximate surface area is 160 Å². The molecule has 4 heteroatoms. The lowest BCUT2D eigenvalue weighted by Gasteiger charge is -2.50. The summed E-state index contributed by atoms with van der Waals surface area (Å²) in [6.07, 6.45) is 4.98. The zero-order valence-electron chi connectivity index (χ0n) is 16.0. The van der Waals surface area contributed by atoms with Crippen LogP contribution in [0.2, 0.25) is 0 Å². The number of hydrogen-bond donors (Lipinski definition) is 2. The average Bonchev–Trinajstić information content (AvgIpc) is 2.70. The molecule has 4 rings (SSSR count). The van der Waals surface area contributed by atoms with Crippen molar-refractivity contribution >= 4 is 0 Å². The van der Waals surface area contributed by atoms with Gasteiger partial charge in [0.25, 0.3) is 0 Å². The molecule has 0 aromatic heterocycles. The summed E-state index contributed by atoms with van der Waals surface area (Å²) in [5.74, 6) is 0.919. The normalized spacial score (nSPS) is 30.6. The fourth-order valence-electron chi connectivity index (χ4n) is 5.22. The molecular formula is C23H29FNO2+. The van der Waals surface area contributed by atoms with Crippen molar-refractivity contribution in [2.45, 2.75) is 50.3 Å². The van der Waals surface area contributed by atoms with E-state index in [9.17, 15) is 9.50 Å². The molecule has 2 aromatic rings. The molecule has 1 heterocycles. The van der Waals surface area contributed by atoms with Gasteiger partial charge in [0.1, 0.15) is 24.2 Å². The molecule has 2 aliphatic rings. The molecule has 0 radical (unpaired) electrons. The highest BCUT2D eigenvalue weighted by Crippen LogP contribution is 2.44. The number of hydrogen-bond acceptors (Lipinski definition) is 2. The fourth-order valence-corrected chi connectivity index (χ4v) is 5.22. The van der Waals surface area contributed by atoms with Crippen LogP contribution in [0.15, 0.2) is 48.5 Å². The molecule has 144 valence electrons. The maximum Gasteiger partial charge on any atom is 0.132 e. The van der Waals surface area contributed by atoms with Gasteiger partial charge in [0.15, 0.2) is 0 Å². The van der Waals surface area contributed by atoms with E-state index in [0.29, 0.717) is 6.54 Å². The van der Waals surface area contributed by atoms with Gasteiger partial charge in [-0.1, -0.05) is 31.0 Å². The average molecular weight is 370 g/mol. The van der Waals surface area contributed by atoms with Crippen LogP contribution >= 0.6 is 0 Å². The topological polar surface area (TPSA) is 33.9 Å². The Kier molecular flexibility index (Phi) is 5.20. The van der Waals surface area contributed by atoms with Crippen molar-refractivity contribution in [1.82, 2.24) is 0 Å². The Morgan fingerprint density at radius 2 is 1.89 bits per heavy atom. The number of ether oxygens (including phenoxy) is 1. The van der Waals surface area contributed by atoms with E-state index in [1.807, 2.05) is 24.3 Å². The van der Waals surface area contributed by atoms with Crippen molar-refractivity contribution in [2.75, 3.05) is 13.7 Å². The van der Waals surface area contributed by atoms with Gasteiger partial charge in [0, 0.05) is 23.5 Å². The van der Waals surface area contributed by atoms with E-state index in [4.69, 9.17) is 4.74 Å². The highest BCUT2D eigenvalue weighted by Gasteiger charge is 2.51. The minimum atomic E-state index is -0.582. The van der Waals surface area contributed by atoms with Crippen LogP contribution in [0.5, 0.6) is 5.75 Å². The Hall–Kier alpha value is -1.91. The summed E-state index contributed by atoms with van der Waals surface area (Å²) in [5, 5.41) is 11.3. The van der Waals surface area contributed by atoms with Gasteiger partial charge in [-0.05, 0) is 43.2 Å². The highest BCUT2D eigenvalue weighted by atomic mass is 19.1. The van der Waals surface area contributed by atoms with E-state index < -0.39 is 5.60 Å². The van der Waals surface area contributed by atoms with E-state index in [2.05, 4.69) is 12.1 Å². The number of quaternary nitrogens is 1. The van der Waals surface area contributed by atoms with Gasteiger partial charge >= 0.3 is 0 Å². The van der Waals surface area contributed by atoms with Crippen LogP contribution in [-0.2, 0) is 6.54 Å². The quantitative estimate of drug-likeness (QED) is 0.866. The second kappa shape index (κ2) is 7.61. The first kappa shape index (κ1) is 18.5. The zero-order chi connectivity index (χ0) is 18.9. The number of nitrogens with one attached hydrogen (secondary N) is 1. The van der Waals surface area contributed by atoms with E-state index in [1.54, 1.807) is 13.2 Å². The number of fused-ring (bicyclic) bond motifs is 1. The SMILES string of the molecule is COc1ccc([C@@H]2[C@H]3CCCC[C@]3(O)CC[NH+]2Cc2ccccc2F)cc1. The van der Waals surface area contributed by atoms with Crippen molar-refractivity contribution in [1.29, 1.82) is 0 Å². The van der Waals surface area contributed by atoms with Crippen molar-refractivity contribution in [3.8, 4) is 5.75 Å². The number of halogens is 1. The van der Waals surface area contributed by atoms with E-state index in [1.165, 1.54) is 16.5 Å². The maximum absolute atomic E-state index is 14.3. The van der Waals surface area contributed by atoms with Gasteiger partial charge < -0.3 is 14.7 Å². The Morgan fingerprint density at radius 1 is 1.11 bits per heavy atom. The van der Waals surface area contributed by atoms with Gasteiger partial charge in [0.05, 0.1) is 19.3 Å². The molecule has 0 bridgehead atoms. The maximum atomic E-state index is 14.3. The Balaban J connectivity index is 1.69. The van der Waals surface area contributed by atoms with Gasteiger partial charge in [-0.25, -0.2) is 4.39 Å². The molecule has 1 aliphatic heterocycles. The van der Waals surface area contributed by atoms with Gasteiger partial charge in [-0.2, -0.15) is 0 Å². The molecule has 2 fully saturated rings. The molecule has 1 saturated heterocycles. The largest absolute Gasteiger partial charge is 0.497 e. The lowest BCUT2D eigenvalue weighted by atomic mass is 9.66. The molecule has 3 nitrogen and oxygen atoms in total. The van der Waals surface area contributed by atoms with Gasteiger partial charge in [-0.3, -0.25) is 0 Å². The second-order valence-electron chi connectivity index (χ2n) is 8.13. The van der Waals surface area contributed by atoms with E-state index >= 15 is 0 Å². The van der Waals surface area contributed by atoms with Crippen LogP contribution < -0.4 is 9.64 Å². The summed E-state index contributed by atoms with van der Waals surface area (Å²) in [5.41, 5.74) is 1.39. The molecule has 1 aliphatic carbocycles. The van der Waals surface area contributed by atoms with Crippen LogP contribution in [0.25, 0.3) is 0 Å². The first-order valence-corrected chi connectivity index (χ1v) is 10.0. The van der Waals surface area contributed by atoms with E-state index in [0.717, 1.165) is 50.0 Å². The van der Waals surface area contributed by atoms with Crippen molar-refractivity contribution < 1.29 is 19.1 Å². The molecular weight excluding hydrogens is 341 g/mol. The van der Waals surface area contributed by atoms with Crippen molar-refractivity contribution in [2.24, 2.45) is 5.92 Å². The minimum Gasteiger partial charge on any atom is -0.497 e.